The molecule has 0 amide bonds. The lowest BCUT2D eigenvalue weighted by Gasteiger charge is -2.24. The number of rotatable bonds is 5. The van der Waals surface area contributed by atoms with E-state index in [2.05, 4.69) is 51.2 Å². The highest BCUT2D eigenvalue weighted by Gasteiger charge is 2.29. The Morgan fingerprint density at radius 1 is 1.37 bits per heavy atom. The van der Waals surface area contributed by atoms with E-state index in [0.717, 1.165) is 19.6 Å². The lowest BCUT2D eigenvalue weighted by molar-refractivity contribution is 0.117. The van der Waals surface area contributed by atoms with Crippen LogP contribution in [0.3, 0.4) is 0 Å². The Kier molecular flexibility index (Phi) is 5.00. The minimum absolute atomic E-state index is 0.421. The smallest absolute Gasteiger partial charge is 0.0551 e. The monoisotopic (exact) mass is 261 g/mol. The van der Waals surface area contributed by atoms with Crippen LogP contribution in [-0.2, 0) is 11.2 Å². The summed E-state index contributed by atoms with van der Waals surface area (Å²) in [5.74, 6) is 0.648. The molecule has 0 bridgehead atoms. The van der Waals surface area contributed by atoms with Crippen LogP contribution in [0.25, 0.3) is 0 Å². The summed E-state index contributed by atoms with van der Waals surface area (Å²) in [5.41, 5.74) is 4.23. The van der Waals surface area contributed by atoms with Crippen molar-refractivity contribution in [2.24, 2.45) is 5.92 Å². The van der Waals surface area contributed by atoms with Crippen molar-refractivity contribution in [1.82, 2.24) is 5.32 Å². The van der Waals surface area contributed by atoms with E-state index in [4.69, 9.17) is 4.74 Å². The van der Waals surface area contributed by atoms with E-state index in [0.29, 0.717) is 18.1 Å². The van der Waals surface area contributed by atoms with E-state index in [-0.39, 0.29) is 0 Å². The zero-order valence-corrected chi connectivity index (χ0v) is 12.7. The topological polar surface area (TPSA) is 21.3 Å². The lowest BCUT2D eigenvalue weighted by atomic mass is 9.89. The van der Waals surface area contributed by atoms with Gasteiger partial charge in [-0.05, 0) is 51.3 Å². The summed E-state index contributed by atoms with van der Waals surface area (Å²) < 4.78 is 5.74. The molecule has 1 aliphatic heterocycles. The summed E-state index contributed by atoms with van der Waals surface area (Å²) >= 11 is 0. The molecule has 1 aromatic rings. The fourth-order valence-corrected chi connectivity index (χ4v) is 3.06. The number of ether oxygens (including phenoxy) is 1. The van der Waals surface area contributed by atoms with E-state index < -0.39 is 0 Å². The molecule has 1 aliphatic rings. The molecule has 0 saturated carbocycles. The largest absolute Gasteiger partial charge is 0.378 e. The van der Waals surface area contributed by atoms with Crippen LogP contribution < -0.4 is 5.32 Å². The molecule has 3 unspecified atom stereocenters. The van der Waals surface area contributed by atoms with Crippen LogP contribution in [0.4, 0.5) is 0 Å². The van der Waals surface area contributed by atoms with Gasteiger partial charge in [0.1, 0.15) is 0 Å². The van der Waals surface area contributed by atoms with Crippen molar-refractivity contribution in [2.75, 3.05) is 13.2 Å². The van der Waals surface area contributed by atoms with E-state index in [1.54, 1.807) is 0 Å². The molecule has 1 N–H and O–H groups in total. The molecule has 0 spiro atoms. The Labute approximate surface area is 117 Å². The fourth-order valence-electron chi connectivity index (χ4n) is 3.06. The molecule has 0 aliphatic carbocycles. The van der Waals surface area contributed by atoms with Gasteiger partial charge >= 0.3 is 0 Å². The number of hydrogen-bond acceptors (Lipinski definition) is 2. The second-order valence-corrected chi connectivity index (χ2v) is 5.94. The van der Waals surface area contributed by atoms with Crippen molar-refractivity contribution in [3.05, 3.63) is 34.9 Å². The number of hydrogen-bond donors (Lipinski definition) is 1. The van der Waals surface area contributed by atoms with Gasteiger partial charge in [-0.2, -0.15) is 0 Å². The molecule has 2 nitrogen and oxygen atoms in total. The Balaban J connectivity index is 2.09. The summed E-state index contributed by atoms with van der Waals surface area (Å²) in [6.07, 6.45) is 2.72. The van der Waals surface area contributed by atoms with Crippen molar-refractivity contribution in [2.45, 2.75) is 52.7 Å². The highest BCUT2D eigenvalue weighted by atomic mass is 16.5. The molecule has 1 heterocycles. The van der Waals surface area contributed by atoms with Crippen LogP contribution in [0, 0.1) is 19.8 Å². The zero-order valence-electron chi connectivity index (χ0n) is 12.7. The quantitative estimate of drug-likeness (QED) is 0.878. The summed E-state index contributed by atoms with van der Waals surface area (Å²) in [5, 5.41) is 3.66. The number of aryl methyl sites for hydroxylation is 2. The molecule has 0 aromatic heterocycles. The fraction of sp³-hybridized carbons (Fsp3) is 0.647. The first-order valence-electron chi connectivity index (χ1n) is 7.51. The van der Waals surface area contributed by atoms with Gasteiger partial charge < -0.3 is 10.1 Å². The summed E-state index contributed by atoms with van der Waals surface area (Å²) in [7, 11) is 0. The Morgan fingerprint density at radius 3 is 2.79 bits per heavy atom. The second kappa shape index (κ2) is 6.53. The third-order valence-electron chi connectivity index (χ3n) is 4.21. The molecule has 1 aromatic carbocycles. The highest BCUT2D eigenvalue weighted by Crippen LogP contribution is 2.25. The predicted octanol–water partition coefficient (Wildman–Crippen LogP) is 3.25. The molecule has 3 atom stereocenters. The van der Waals surface area contributed by atoms with E-state index in [1.807, 2.05) is 0 Å². The van der Waals surface area contributed by atoms with Gasteiger partial charge in [-0.3, -0.25) is 0 Å². The Bertz CT molecular complexity index is 416. The first-order valence-corrected chi connectivity index (χ1v) is 7.51. The molecule has 0 radical (unpaired) electrons. The molecule has 2 rings (SSSR count). The van der Waals surface area contributed by atoms with Gasteiger partial charge in [0.25, 0.3) is 0 Å². The van der Waals surface area contributed by atoms with Crippen molar-refractivity contribution >= 4 is 0 Å². The van der Waals surface area contributed by atoms with Crippen molar-refractivity contribution in [3.8, 4) is 0 Å². The average Bonchev–Trinajstić information content (AvgIpc) is 2.80. The van der Waals surface area contributed by atoms with Crippen molar-refractivity contribution in [3.63, 3.8) is 0 Å². The van der Waals surface area contributed by atoms with E-state index in [9.17, 15) is 0 Å². The molecular formula is C17H27NO. The van der Waals surface area contributed by atoms with Gasteiger partial charge in [0, 0.05) is 12.0 Å². The number of likely N-dealkylation sites (N-methyl/N-ethyl adjacent to an activating group) is 1. The highest BCUT2D eigenvalue weighted by molar-refractivity contribution is 5.31. The standard InChI is InChI=1S/C17H27NO/c1-5-18-17(16-9-14(4)19-11-16)10-15-8-12(2)6-7-13(15)3/h6-8,14,16-18H,5,9-11H2,1-4H3. The molecular weight excluding hydrogens is 234 g/mol. The minimum Gasteiger partial charge on any atom is -0.378 e. The summed E-state index contributed by atoms with van der Waals surface area (Å²) in [4.78, 5) is 0. The molecule has 19 heavy (non-hydrogen) atoms. The second-order valence-electron chi connectivity index (χ2n) is 5.94. The first-order chi connectivity index (χ1) is 9.10. The van der Waals surface area contributed by atoms with Crippen LogP contribution >= 0.6 is 0 Å². The molecule has 1 saturated heterocycles. The number of nitrogens with one attached hydrogen (secondary N) is 1. The lowest BCUT2D eigenvalue weighted by Crippen LogP contribution is -2.38. The van der Waals surface area contributed by atoms with Crippen LogP contribution in [0.15, 0.2) is 18.2 Å². The molecule has 106 valence electrons. The third-order valence-corrected chi connectivity index (χ3v) is 4.21. The van der Waals surface area contributed by atoms with Crippen molar-refractivity contribution in [1.29, 1.82) is 0 Å². The first kappa shape index (κ1) is 14.5. The SMILES string of the molecule is CCNC(Cc1cc(C)ccc1C)C1COC(C)C1. The maximum absolute atomic E-state index is 5.74. The summed E-state index contributed by atoms with van der Waals surface area (Å²) in [6.45, 7) is 10.7. The maximum Gasteiger partial charge on any atom is 0.0551 e. The number of benzene rings is 1. The Morgan fingerprint density at radius 2 is 2.16 bits per heavy atom. The van der Waals surface area contributed by atoms with Gasteiger partial charge in [-0.25, -0.2) is 0 Å². The zero-order chi connectivity index (χ0) is 13.8. The predicted molar refractivity (Wildman–Crippen MR) is 80.6 cm³/mol. The van der Waals surface area contributed by atoms with Crippen LogP contribution in [0.1, 0.15) is 37.0 Å². The van der Waals surface area contributed by atoms with Crippen molar-refractivity contribution < 1.29 is 4.74 Å². The van der Waals surface area contributed by atoms with E-state index in [1.165, 1.54) is 23.1 Å². The summed E-state index contributed by atoms with van der Waals surface area (Å²) in [6, 6.07) is 7.30. The van der Waals surface area contributed by atoms with Gasteiger partial charge in [0.05, 0.1) is 12.7 Å². The van der Waals surface area contributed by atoms with Crippen LogP contribution in [0.2, 0.25) is 0 Å². The van der Waals surface area contributed by atoms with E-state index >= 15 is 0 Å². The maximum atomic E-state index is 5.74. The van der Waals surface area contributed by atoms with Crippen LogP contribution in [0.5, 0.6) is 0 Å². The molecule has 2 heteroatoms. The van der Waals surface area contributed by atoms with Gasteiger partial charge in [-0.1, -0.05) is 30.7 Å². The Hall–Kier alpha value is -0.860. The molecule has 1 fully saturated rings. The normalized spacial score (nSPS) is 24.6. The average molecular weight is 261 g/mol. The van der Waals surface area contributed by atoms with Crippen LogP contribution in [-0.4, -0.2) is 25.3 Å². The minimum atomic E-state index is 0.421. The third kappa shape index (κ3) is 3.80. The van der Waals surface area contributed by atoms with Gasteiger partial charge in [0.2, 0.25) is 0 Å². The van der Waals surface area contributed by atoms with Gasteiger partial charge in [0.15, 0.2) is 0 Å². The van der Waals surface area contributed by atoms with Gasteiger partial charge in [-0.15, -0.1) is 0 Å².